The van der Waals surface area contributed by atoms with E-state index in [1.54, 1.807) is 61.7 Å². The lowest BCUT2D eigenvalue weighted by Crippen LogP contribution is -2.44. The number of methoxy groups -OCH3 is 1. The lowest BCUT2D eigenvalue weighted by atomic mass is 10.1. The fraction of sp³-hybridized carbons (Fsp3) is 0.111. The molecule has 2 aromatic carbocycles. The van der Waals surface area contributed by atoms with E-state index in [2.05, 4.69) is 0 Å². The van der Waals surface area contributed by atoms with Crippen molar-refractivity contribution in [2.75, 3.05) is 18.6 Å². The Bertz CT molecular complexity index is 828. The van der Waals surface area contributed by atoms with Crippen molar-refractivity contribution < 1.29 is 24.2 Å². The van der Waals surface area contributed by atoms with E-state index in [9.17, 15) is 14.7 Å². The second-order valence-corrected chi connectivity index (χ2v) is 5.12. The molecular weight excluding hydrogens is 310 g/mol. The predicted molar refractivity (Wildman–Crippen MR) is 85.4 cm³/mol. The Labute approximate surface area is 138 Å². The molecular formula is C18H14NO5-. The zero-order valence-electron chi connectivity index (χ0n) is 12.9. The second-order valence-electron chi connectivity index (χ2n) is 5.12. The van der Waals surface area contributed by atoms with Crippen molar-refractivity contribution in [2.24, 2.45) is 0 Å². The van der Waals surface area contributed by atoms with Gasteiger partial charge in [0.05, 0.1) is 25.3 Å². The summed E-state index contributed by atoms with van der Waals surface area (Å²) in [4.78, 5) is 24.7. The molecule has 0 atom stereocenters. The van der Waals surface area contributed by atoms with E-state index in [4.69, 9.17) is 9.47 Å². The predicted octanol–water partition coefficient (Wildman–Crippen LogP) is 1.21. The minimum absolute atomic E-state index is 0.0307. The molecule has 0 fully saturated rings. The molecule has 6 nitrogen and oxygen atoms in total. The Balaban J connectivity index is 2.02. The summed E-state index contributed by atoms with van der Waals surface area (Å²) in [5.74, 6) is -0.809. The van der Waals surface area contributed by atoms with E-state index in [-0.39, 0.29) is 5.76 Å². The first-order valence-electron chi connectivity index (χ1n) is 7.23. The van der Waals surface area contributed by atoms with E-state index in [0.717, 1.165) is 4.90 Å². The van der Waals surface area contributed by atoms with Gasteiger partial charge in [-0.3, -0.25) is 9.69 Å². The van der Waals surface area contributed by atoms with Gasteiger partial charge in [-0.1, -0.05) is 24.3 Å². The number of carboxylic acid groups (broad SMARTS) is 1. The van der Waals surface area contributed by atoms with Gasteiger partial charge in [-0.2, -0.15) is 0 Å². The summed E-state index contributed by atoms with van der Waals surface area (Å²) in [6.07, 6.45) is 1.54. The molecule has 2 aromatic rings. The molecule has 0 N–H and O–H groups in total. The van der Waals surface area contributed by atoms with Crippen LogP contribution in [0.2, 0.25) is 0 Å². The van der Waals surface area contributed by atoms with Crippen LogP contribution in [-0.4, -0.2) is 25.5 Å². The quantitative estimate of drug-likeness (QED) is 0.790. The third-order valence-corrected chi connectivity index (χ3v) is 3.51. The summed E-state index contributed by atoms with van der Waals surface area (Å²) in [5.41, 5.74) is 1.10. The molecule has 0 saturated carbocycles. The minimum atomic E-state index is -1.35. The lowest BCUT2D eigenvalue weighted by Gasteiger charge is -2.30. The average molecular weight is 324 g/mol. The van der Waals surface area contributed by atoms with E-state index in [1.165, 1.54) is 0 Å². The molecule has 0 aromatic heterocycles. The second kappa shape index (κ2) is 6.45. The fourth-order valence-electron chi connectivity index (χ4n) is 2.43. The molecule has 1 amide bonds. The third-order valence-electron chi connectivity index (χ3n) is 3.51. The number of amides is 1. The first-order chi connectivity index (χ1) is 11.6. The molecule has 0 unspecified atom stereocenters. The fourth-order valence-corrected chi connectivity index (χ4v) is 2.43. The van der Waals surface area contributed by atoms with Crippen LogP contribution in [0.15, 0.2) is 54.3 Å². The molecule has 0 radical (unpaired) electrons. The minimum Gasteiger partial charge on any atom is -0.548 e. The van der Waals surface area contributed by atoms with Crippen LogP contribution in [0.25, 0.3) is 6.08 Å². The standard InChI is InChI=1S/C18H15NO5/c1-23-13-6-4-5-12(9-13)10-16-18(22)19(11-17(20)21)14-7-2-3-8-15(14)24-16/h2-10H,11H2,1H3,(H,20,21)/p-1. The molecule has 0 aliphatic carbocycles. The molecule has 1 heterocycles. The summed E-state index contributed by atoms with van der Waals surface area (Å²) >= 11 is 0. The number of hydrogen-bond donors (Lipinski definition) is 0. The largest absolute Gasteiger partial charge is 0.548 e. The van der Waals surface area contributed by atoms with Gasteiger partial charge in [-0.15, -0.1) is 0 Å². The topological polar surface area (TPSA) is 78.9 Å². The van der Waals surface area contributed by atoms with Crippen molar-refractivity contribution >= 4 is 23.6 Å². The van der Waals surface area contributed by atoms with Crippen molar-refractivity contribution in [3.8, 4) is 11.5 Å². The number of ether oxygens (including phenoxy) is 2. The lowest BCUT2D eigenvalue weighted by molar-refractivity contribution is -0.303. The van der Waals surface area contributed by atoms with Gasteiger partial charge in [0.2, 0.25) is 0 Å². The zero-order valence-corrected chi connectivity index (χ0v) is 12.9. The van der Waals surface area contributed by atoms with Crippen LogP contribution in [0.1, 0.15) is 5.56 Å². The Kier molecular flexibility index (Phi) is 4.20. The van der Waals surface area contributed by atoms with E-state index >= 15 is 0 Å². The first-order valence-corrected chi connectivity index (χ1v) is 7.23. The Morgan fingerprint density at radius 2 is 2.04 bits per heavy atom. The number of nitrogens with zero attached hydrogens (tertiary/aromatic N) is 1. The summed E-state index contributed by atoms with van der Waals surface area (Å²) in [6.45, 7) is -0.547. The molecule has 6 heteroatoms. The van der Waals surface area contributed by atoms with Crippen molar-refractivity contribution in [3.63, 3.8) is 0 Å². The highest BCUT2D eigenvalue weighted by molar-refractivity contribution is 6.11. The summed E-state index contributed by atoms with van der Waals surface area (Å²) in [7, 11) is 1.55. The smallest absolute Gasteiger partial charge is 0.294 e. The molecule has 3 rings (SSSR count). The Morgan fingerprint density at radius 3 is 2.79 bits per heavy atom. The van der Waals surface area contributed by atoms with Crippen molar-refractivity contribution in [3.05, 3.63) is 59.9 Å². The van der Waals surface area contributed by atoms with Crippen molar-refractivity contribution in [2.45, 2.75) is 0 Å². The van der Waals surface area contributed by atoms with Crippen LogP contribution in [0.5, 0.6) is 11.5 Å². The molecule has 0 saturated heterocycles. The van der Waals surface area contributed by atoms with E-state index in [0.29, 0.717) is 22.7 Å². The number of hydrogen-bond acceptors (Lipinski definition) is 5. The molecule has 1 aliphatic heterocycles. The van der Waals surface area contributed by atoms with Crippen molar-refractivity contribution in [1.29, 1.82) is 0 Å². The number of carboxylic acids is 1. The molecule has 24 heavy (non-hydrogen) atoms. The number of carbonyl (C=O) groups is 2. The van der Waals surface area contributed by atoms with E-state index < -0.39 is 18.4 Å². The summed E-state index contributed by atoms with van der Waals surface area (Å²) in [5, 5.41) is 11.0. The number of rotatable bonds is 4. The number of fused-ring (bicyclic) bond motifs is 1. The monoisotopic (exact) mass is 324 g/mol. The maximum absolute atomic E-state index is 12.6. The van der Waals surface area contributed by atoms with Crippen LogP contribution < -0.4 is 19.5 Å². The van der Waals surface area contributed by atoms with Gasteiger partial charge in [0.15, 0.2) is 11.5 Å². The molecule has 1 aliphatic rings. The maximum atomic E-state index is 12.6. The molecule has 0 spiro atoms. The van der Waals surface area contributed by atoms with Crippen LogP contribution in [0.3, 0.4) is 0 Å². The van der Waals surface area contributed by atoms with Crippen LogP contribution >= 0.6 is 0 Å². The first kappa shape index (κ1) is 15.6. The average Bonchev–Trinajstić information content (AvgIpc) is 2.58. The van der Waals surface area contributed by atoms with Crippen LogP contribution in [0.4, 0.5) is 5.69 Å². The highest BCUT2D eigenvalue weighted by Gasteiger charge is 2.30. The highest BCUT2D eigenvalue weighted by Crippen LogP contribution is 2.35. The van der Waals surface area contributed by atoms with E-state index in [1.807, 2.05) is 0 Å². The zero-order chi connectivity index (χ0) is 17.1. The number of anilines is 1. The number of benzene rings is 2. The van der Waals surface area contributed by atoms with Gasteiger partial charge in [0.1, 0.15) is 5.75 Å². The Hall–Kier alpha value is -3.28. The summed E-state index contributed by atoms with van der Waals surface area (Å²) < 4.78 is 10.8. The van der Waals surface area contributed by atoms with Crippen LogP contribution in [-0.2, 0) is 9.59 Å². The summed E-state index contributed by atoms with van der Waals surface area (Å²) in [6, 6.07) is 13.8. The van der Waals surface area contributed by atoms with Crippen LogP contribution in [0, 0.1) is 0 Å². The van der Waals surface area contributed by atoms with Gasteiger partial charge >= 0.3 is 0 Å². The molecule has 122 valence electrons. The highest BCUT2D eigenvalue weighted by atomic mass is 16.5. The van der Waals surface area contributed by atoms with Gasteiger partial charge in [0, 0.05) is 0 Å². The Morgan fingerprint density at radius 1 is 1.25 bits per heavy atom. The SMILES string of the molecule is COc1cccc(C=C2Oc3ccccc3N(CC(=O)[O-])C2=O)c1. The van der Waals surface area contributed by atoms with Gasteiger partial charge in [-0.05, 0) is 35.9 Å². The maximum Gasteiger partial charge on any atom is 0.294 e. The van der Waals surface area contributed by atoms with Gasteiger partial charge in [-0.25, -0.2) is 0 Å². The van der Waals surface area contributed by atoms with Gasteiger partial charge in [0.25, 0.3) is 5.91 Å². The van der Waals surface area contributed by atoms with Crippen molar-refractivity contribution in [1.82, 2.24) is 0 Å². The number of carbonyl (C=O) groups excluding carboxylic acids is 2. The molecule has 0 bridgehead atoms. The number of aliphatic carboxylic acids is 1. The van der Waals surface area contributed by atoms with Gasteiger partial charge < -0.3 is 19.4 Å². The normalized spacial score (nSPS) is 15.0. The third kappa shape index (κ3) is 3.08. The number of para-hydroxylation sites is 2.